The van der Waals surface area contributed by atoms with Crippen LogP contribution in [0.3, 0.4) is 0 Å². The molecule has 0 atom stereocenters. The molecule has 8 nitrogen and oxygen atoms in total. The van der Waals surface area contributed by atoms with Crippen LogP contribution in [0.5, 0.6) is 0 Å². The predicted molar refractivity (Wildman–Crippen MR) is 182 cm³/mol. The highest BCUT2D eigenvalue weighted by Crippen LogP contribution is 2.38. The van der Waals surface area contributed by atoms with Crippen molar-refractivity contribution in [3.8, 4) is 0 Å². The fourth-order valence-electron chi connectivity index (χ4n) is 4.88. The molecule has 45 heavy (non-hydrogen) atoms. The van der Waals surface area contributed by atoms with Gasteiger partial charge in [-0.3, -0.25) is 14.4 Å². The first-order valence-electron chi connectivity index (χ1n) is 14.7. The molecule has 0 aliphatic heterocycles. The summed E-state index contributed by atoms with van der Waals surface area (Å²) in [6, 6.07) is 19.6. The summed E-state index contributed by atoms with van der Waals surface area (Å²) in [4.78, 5) is 54.8. The normalized spacial score (nSPS) is 12.9. The third-order valence-electron chi connectivity index (χ3n) is 6.97. The van der Waals surface area contributed by atoms with E-state index in [1.807, 2.05) is 29.6 Å². The second-order valence-corrected chi connectivity index (χ2v) is 13.3. The van der Waals surface area contributed by atoms with Gasteiger partial charge in [-0.25, -0.2) is 4.79 Å². The fourth-order valence-corrected chi connectivity index (χ4v) is 7.59. The predicted octanol–water partition coefficient (Wildman–Crippen LogP) is 7.40. The zero-order valence-corrected chi connectivity index (χ0v) is 27.2. The van der Waals surface area contributed by atoms with Crippen molar-refractivity contribution in [1.29, 1.82) is 0 Å². The maximum Gasteiger partial charge on any atom is 0.341 e. The highest BCUT2D eigenvalue weighted by Gasteiger charge is 2.26. The van der Waals surface area contributed by atoms with E-state index in [9.17, 15) is 19.2 Å². The number of thiophene rings is 2. The number of benzene rings is 2. The maximum atomic E-state index is 13.3. The van der Waals surface area contributed by atoms with E-state index in [1.54, 1.807) is 55.5 Å². The highest BCUT2D eigenvalue weighted by atomic mass is 32.2. The van der Waals surface area contributed by atoms with E-state index in [1.165, 1.54) is 34.4 Å². The molecule has 0 bridgehead atoms. The molecule has 1 aliphatic rings. The molecule has 2 aromatic carbocycles. The summed E-state index contributed by atoms with van der Waals surface area (Å²) in [7, 11) is 0. The molecule has 11 heteroatoms. The molecule has 232 valence electrons. The van der Waals surface area contributed by atoms with Crippen molar-refractivity contribution in [2.24, 2.45) is 0 Å². The Balaban J connectivity index is 1.24. The van der Waals surface area contributed by atoms with Crippen LogP contribution < -0.4 is 16.0 Å². The van der Waals surface area contributed by atoms with Gasteiger partial charge in [0, 0.05) is 25.9 Å². The first-order valence-corrected chi connectivity index (χ1v) is 17.4. The van der Waals surface area contributed by atoms with Crippen LogP contribution in [0, 0.1) is 0 Å². The number of hydrogen-bond donors (Lipinski definition) is 3. The van der Waals surface area contributed by atoms with Crippen molar-refractivity contribution < 1.29 is 23.9 Å². The van der Waals surface area contributed by atoms with Crippen LogP contribution >= 0.6 is 34.4 Å². The zero-order chi connectivity index (χ0) is 31.6. The minimum absolute atomic E-state index is 0.107. The van der Waals surface area contributed by atoms with Crippen molar-refractivity contribution >= 4 is 74.9 Å². The smallest absolute Gasteiger partial charge is 0.341 e. The largest absolute Gasteiger partial charge is 0.462 e. The number of hydrogen-bond acceptors (Lipinski definition) is 8. The van der Waals surface area contributed by atoms with Crippen LogP contribution in [-0.2, 0) is 27.2 Å². The molecule has 3 amide bonds. The van der Waals surface area contributed by atoms with Crippen LogP contribution in [0.25, 0.3) is 6.08 Å². The van der Waals surface area contributed by atoms with Gasteiger partial charge < -0.3 is 20.7 Å². The molecule has 0 unspecified atom stereocenters. The molecule has 0 radical (unpaired) electrons. The molecule has 3 N–H and O–H groups in total. The standard InChI is InChI=1S/C34H33N3O5S3/c1-2-42-34(41)30-26-16-7-4-8-17-28(26)45-33(30)37-29(38)21-44-24-14-9-13-23(19-24)35-32(40)27(20-25-15-10-18-43-25)36-31(39)22-11-5-3-6-12-22/h3,5-6,9-15,18-20H,2,4,7-8,16-17,21H2,1H3,(H,35,40)(H,36,39)(H,37,38)/b27-20-. The van der Waals surface area contributed by atoms with E-state index in [-0.39, 0.29) is 24.0 Å². The molecular formula is C34H33N3O5S3. The number of fused-ring (bicyclic) bond motifs is 1. The number of aryl methyl sites for hydroxylation is 1. The number of ether oxygens (including phenoxy) is 1. The minimum atomic E-state index is -0.475. The van der Waals surface area contributed by atoms with Crippen molar-refractivity contribution in [2.45, 2.75) is 43.9 Å². The van der Waals surface area contributed by atoms with Crippen molar-refractivity contribution in [3.05, 3.63) is 104 Å². The summed E-state index contributed by atoms with van der Waals surface area (Å²) in [5.74, 6) is -1.38. The summed E-state index contributed by atoms with van der Waals surface area (Å²) >= 11 is 4.23. The van der Waals surface area contributed by atoms with Crippen molar-refractivity contribution in [1.82, 2.24) is 5.32 Å². The monoisotopic (exact) mass is 659 g/mol. The molecular weight excluding hydrogens is 627 g/mol. The van der Waals surface area contributed by atoms with Gasteiger partial charge in [-0.2, -0.15) is 0 Å². The van der Waals surface area contributed by atoms with Crippen molar-refractivity contribution in [3.63, 3.8) is 0 Å². The second-order valence-electron chi connectivity index (χ2n) is 10.2. The van der Waals surface area contributed by atoms with Crippen LogP contribution in [0.4, 0.5) is 10.7 Å². The molecule has 4 aromatic rings. The van der Waals surface area contributed by atoms with Crippen LogP contribution in [0.2, 0.25) is 0 Å². The summed E-state index contributed by atoms with van der Waals surface area (Å²) in [5.41, 5.74) is 2.56. The molecule has 2 heterocycles. The van der Waals surface area contributed by atoms with E-state index in [2.05, 4.69) is 16.0 Å². The van der Waals surface area contributed by atoms with Crippen molar-refractivity contribution in [2.75, 3.05) is 23.0 Å². The first kappa shape index (κ1) is 32.2. The minimum Gasteiger partial charge on any atom is -0.462 e. The molecule has 1 aliphatic carbocycles. The van der Waals surface area contributed by atoms with E-state index >= 15 is 0 Å². The lowest BCUT2D eigenvalue weighted by Crippen LogP contribution is -2.30. The summed E-state index contributed by atoms with van der Waals surface area (Å²) in [6.07, 6.45) is 6.54. The number of nitrogens with one attached hydrogen (secondary N) is 3. The van der Waals surface area contributed by atoms with E-state index in [4.69, 9.17) is 4.74 Å². The Morgan fingerprint density at radius 2 is 1.76 bits per heavy atom. The summed E-state index contributed by atoms with van der Waals surface area (Å²) in [5, 5.41) is 11.0. The van der Waals surface area contributed by atoms with Gasteiger partial charge in [-0.05, 0) is 86.0 Å². The quantitative estimate of drug-likeness (QED) is 0.0670. The van der Waals surface area contributed by atoms with E-state index < -0.39 is 17.8 Å². The Bertz CT molecular complexity index is 1700. The average Bonchev–Trinajstić information content (AvgIpc) is 3.61. The SMILES string of the molecule is CCOC(=O)c1c(NC(=O)CSc2cccc(NC(=O)/C(=C/c3cccs3)NC(=O)c3ccccc3)c2)sc2c1CCCCC2. The number of esters is 1. The summed E-state index contributed by atoms with van der Waals surface area (Å²) < 4.78 is 5.33. The van der Waals surface area contributed by atoms with Crippen LogP contribution in [0.15, 0.2) is 82.7 Å². The van der Waals surface area contributed by atoms with Crippen LogP contribution in [0.1, 0.15) is 62.2 Å². The van der Waals surface area contributed by atoms with Gasteiger partial charge in [0.15, 0.2) is 0 Å². The van der Waals surface area contributed by atoms with E-state index in [0.717, 1.165) is 52.3 Å². The number of anilines is 2. The van der Waals surface area contributed by atoms with Gasteiger partial charge >= 0.3 is 5.97 Å². The molecule has 0 saturated heterocycles. The average molecular weight is 660 g/mol. The third kappa shape index (κ3) is 8.72. The Morgan fingerprint density at radius 3 is 2.53 bits per heavy atom. The molecule has 0 fully saturated rings. The number of carbonyl (C=O) groups is 4. The third-order valence-corrected chi connectivity index (χ3v) is 9.99. The van der Waals surface area contributed by atoms with Gasteiger partial charge in [0.05, 0.1) is 17.9 Å². The molecule has 5 rings (SSSR count). The zero-order valence-electron chi connectivity index (χ0n) is 24.7. The Hall–Kier alpha value is -4.19. The van der Waals surface area contributed by atoms with Gasteiger partial charge in [0.1, 0.15) is 10.7 Å². The van der Waals surface area contributed by atoms with Crippen LogP contribution in [-0.4, -0.2) is 36.1 Å². The molecule has 0 spiro atoms. The van der Waals surface area contributed by atoms with Gasteiger partial charge in [-0.15, -0.1) is 34.4 Å². The fraction of sp³-hybridized carbons (Fsp3) is 0.235. The topological polar surface area (TPSA) is 114 Å². The molecule has 0 saturated carbocycles. The number of rotatable bonds is 11. The Kier molecular flexibility index (Phi) is 11.2. The van der Waals surface area contributed by atoms with Gasteiger partial charge in [0.2, 0.25) is 5.91 Å². The second kappa shape index (κ2) is 15.7. The number of thioether (sulfide) groups is 1. The Morgan fingerprint density at radius 1 is 0.933 bits per heavy atom. The van der Waals surface area contributed by atoms with Gasteiger partial charge in [0.25, 0.3) is 11.8 Å². The lowest BCUT2D eigenvalue weighted by atomic mass is 10.1. The number of carbonyl (C=O) groups excluding carboxylic acids is 4. The highest BCUT2D eigenvalue weighted by molar-refractivity contribution is 8.00. The lowest BCUT2D eigenvalue weighted by molar-refractivity contribution is -0.114. The lowest BCUT2D eigenvalue weighted by Gasteiger charge is -2.12. The first-order chi connectivity index (χ1) is 21.9. The molecule has 2 aromatic heterocycles. The Labute approximate surface area is 274 Å². The number of amides is 3. The van der Waals surface area contributed by atoms with Gasteiger partial charge in [-0.1, -0.05) is 36.8 Å². The maximum absolute atomic E-state index is 13.3. The van der Waals surface area contributed by atoms with E-state index in [0.29, 0.717) is 21.8 Å². The summed E-state index contributed by atoms with van der Waals surface area (Å²) in [6.45, 7) is 2.04.